The van der Waals surface area contributed by atoms with E-state index in [1.54, 1.807) is 67.2 Å². The number of nitrogens with zero attached hydrogens (tertiary/aromatic N) is 2. The van der Waals surface area contributed by atoms with Crippen LogP contribution in [-0.4, -0.2) is 28.9 Å². The second-order valence-corrected chi connectivity index (χ2v) is 7.57. The molecule has 0 unspecified atom stereocenters. The van der Waals surface area contributed by atoms with E-state index >= 15 is 0 Å². The van der Waals surface area contributed by atoms with Crippen molar-refractivity contribution in [2.75, 3.05) is 12.0 Å². The Morgan fingerprint density at radius 3 is 2.41 bits per heavy atom. The summed E-state index contributed by atoms with van der Waals surface area (Å²) in [5, 5.41) is 13.5. The van der Waals surface area contributed by atoms with Gasteiger partial charge in [-0.05, 0) is 42.0 Å². The highest BCUT2D eigenvalue weighted by Crippen LogP contribution is 2.43. The lowest BCUT2D eigenvalue weighted by atomic mass is 9.95. The molecule has 0 aliphatic carbocycles. The SMILES string of the molecule is COc1ccc([C@@H]2C(=C(O)c3ccc(Cl)cc3)C(=O)C(=O)N2c2nccs2)cc1. The van der Waals surface area contributed by atoms with Crippen LogP contribution in [0.1, 0.15) is 17.2 Å². The van der Waals surface area contributed by atoms with Crippen LogP contribution in [-0.2, 0) is 9.59 Å². The Labute approximate surface area is 175 Å². The van der Waals surface area contributed by atoms with Gasteiger partial charge in [-0.2, -0.15) is 0 Å². The van der Waals surface area contributed by atoms with E-state index in [2.05, 4.69) is 4.98 Å². The van der Waals surface area contributed by atoms with Gasteiger partial charge >= 0.3 is 5.91 Å². The van der Waals surface area contributed by atoms with E-state index in [9.17, 15) is 14.7 Å². The predicted molar refractivity (Wildman–Crippen MR) is 111 cm³/mol. The first kappa shape index (κ1) is 19.2. The summed E-state index contributed by atoms with van der Waals surface area (Å²) in [7, 11) is 1.55. The molecule has 2 aromatic carbocycles. The summed E-state index contributed by atoms with van der Waals surface area (Å²) in [6, 6.07) is 12.6. The fourth-order valence-electron chi connectivity index (χ4n) is 3.23. The monoisotopic (exact) mass is 426 g/mol. The summed E-state index contributed by atoms with van der Waals surface area (Å²) < 4.78 is 5.20. The number of hydrogen-bond donors (Lipinski definition) is 1. The Hall–Kier alpha value is -3.16. The average Bonchev–Trinajstić information content (AvgIpc) is 3.35. The highest BCUT2D eigenvalue weighted by Gasteiger charge is 2.47. The third-order valence-corrected chi connectivity index (χ3v) is 5.64. The lowest BCUT2D eigenvalue weighted by Crippen LogP contribution is -2.29. The van der Waals surface area contributed by atoms with Crippen molar-refractivity contribution < 1.29 is 19.4 Å². The molecule has 0 saturated carbocycles. The second kappa shape index (κ2) is 7.69. The molecule has 1 aliphatic rings. The van der Waals surface area contributed by atoms with E-state index in [-0.39, 0.29) is 11.3 Å². The maximum atomic E-state index is 12.9. The van der Waals surface area contributed by atoms with Gasteiger partial charge in [-0.15, -0.1) is 11.3 Å². The predicted octanol–water partition coefficient (Wildman–Crippen LogP) is 4.43. The molecule has 1 amide bonds. The van der Waals surface area contributed by atoms with Crippen LogP contribution < -0.4 is 9.64 Å². The smallest absolute Gasteiger partial charge is 0.301 e. The topological polar surface area (TPSA) is 79.7 Å². The molecule has 1 fully saturated rings. The Morgan fingerprint density at radius 2 is 1.83 bits per heavy atom. The first-order valence-corrected chi connectivity index (χ1v) is 9.87. The number of carbonyl (C=O) groups excluding carboxylic acids is 2. The van der Waals surface area contributed by atoms with E-state index < -0.39 is 17.7 Å². The number of ketones is 1. The molecule has 3 aromatic rings. The number of aromatic nitrogens is 1. The zero-order valence-corrected chi connectivity index (χ0v) is 16.8. The van der Waals surface area contributed by atoms with Crippen LogP contribution in [0.2, 0.25) is 5.02 Å². The molecule has 29 heavy (non-hydrogen) atoms. The van der Waals surface area contributed by atoms with Gasteiger partial charge in [0.25, 0.3) is 5.78 Å². The largest absolute Gasteiger partial charge is 0.507 e. The van der Waals surface area contributed by atoms with Crippen molar-refractivity contribution in [2.24, 2.45) is 0 Å². The molecular formula is C21H15ClN2O4S. The fourth-order valence-corrected chi connectivity index (χ4v) is 4.02. The van der Waals surface area contributed by atoms with Crippen LogP contribution in [0, 0.1) is 0 Å². The van der Waals surface area contributed by atoms with Gasteiger partial charge in [-0.1, -0.05) is 23.7 Å². The van der Waals surface area contributed by atoms with Crippen LogP contribution in [0.25, 0.3) is 5.76 Å². The summed E-state index contributed by atoms with van der Waals surface area (Å²) in [6.45, 7) is 0. The zero-order valence-electron chi connectivity index (χ0n) is 15.2. The number of anilines is 1. The Balaban J connectivity index is 1.91. The van der Waals surface area contributed by atoms with Crippen LogP contribution in [0.5, 0.6) is 5.75 Å². The number of Topliss-reactive ketones (excluding diaryl/α,β-unsaturated/α-hetero) is 1. The first-order chi connectivity index (χ1) is 14.0. The van der Waals surface area contributed by atoms with Gasteiger partial charge in [0.15, 0.2) is 5.13 Å². The van der Waals surface area contributed by atoms with Gasteiger partial charge < -0.3 is 9.84 Å². The molecular weight excluding hydrogens is 412 g/mol. The Kier molecular flexibility index (Phi) is 5.08. The van der Waals surface area contributed by atoms with Crippen LogP contribution in [0.3, 0.4) is 0 Å². The van der Waals surface area contributed by atoms with Crippen molar-refractivity contribution in [1.82, 2.24) is 4.98 Å². The summed E-state index contributed by atoms with van der Waals surface area (Å²) in [5.74, 6) is -1.14. The Morgan fingerprint density at radius 1 is 1.14 bits per heavy atom. The van der Waals surface area contributed by atoms with E-state index in [4.69, 9.17) is 16.3 Å². The lowest BCUT2D eigenvalue weighted by Gasteiger charge is -2.23. The number of benzene rings is 2. The molecule has 1 aromatic heterocycles. The Bertz CT molecular complexity index is 1090. The van der Waals surface area contributed by atoms with Gasteiger partial charge in [-0.25, -0.2) is 4.98 Å². The van der Waals surface area contributed by atoms with Crippen LogP contribution in [0.15, 0.2) is 65.7 Å². The van der Waals surface area contributed by atoms with Gasteiger partial charge in [0, 0.05) is 22.2 Å². The van der Waals surface area contributed by atoms with Gasteiger partial charge in [0.1, 0.15) is 11.5 Å². The molecule has 146 valence electrons. The maximum absolute atomic E-state index is 12.9. The number of aliphatic hydroxyl groups excluding tert-OH is 1. The number of amides is 1. The summed E-state index contributed by atoms with van der Waals surface area (Å²) in [6.07, 6.45) is 1.56. The molecule has 1 aliphatic heterocycles. The standard InChI is InChI=1S/C21H15ClN2O4S/c1-28-15-8-4-12(5-9-15)17-16(18(25)13-2-6-14(22)7-3-13)19(26)20(27)24(17)21-23-10-11-29-21/h2-11,17,25H,1H3/t17-/m1/s1. The number of thiazole rings is 1. The van der Waals surface area contributed by atoms with Gasteiger partial charge in [-0.3, -0.25) is 14.5 Å². The molecule has 6 nitrogen and oxygen atoms in total. The second-order valence-electron chi connectivity index (χ2n) is 6.26. The van der Waals surface area contributed by atoms with Crippen LogP contribution >= 0.6 is 22.9 Å². The number of carbonyl (C=O) groups is 2. The molecule has 2 heterocycles. The molecule has 0 bridgehead atoms. The van der Waals surface area contributed by atoms with Crippen molar-refractivity contribution in [3.05, 3.63) is 81.8 Å². The van der Waals surface area contributed by atoms with Crippen molar-refractivity contribution >= 4 is 45.5 Å². The summed E-state index contributed by atoms with van der Waals surface area (Å²) in [4.78, 5) is 31.3. The first-order valence-electron chi connectivity index (χ1n) is 8.61. The number of rotatable bonds is 4. The molecule has 4 rings (SSSR count). The minimum Gasteiger partial charge on any atom is -0.507 e. The summed E-state index contributed by atoms with van der Waals surface area (Å²) in [5.41, 5.74) is 1.04. The fraction of sp³-hybridized carbons (Fsp3) is 0.0952. The normalized spacial score (nSPS) is 18.3. The molecule has 1 saturated heterocycles. The van der Waals surface area contributed by atoms with Crippen molar-refractivity contribution in [3.63, 3.8) is 0 Å². The number of ether oxygens (including phenoxy) is 1. The molecule has 0 radical (unpaired) electrons. The minimum atomic E-state index is -0.817. The van der Waals surface area contributed by atoms with Crippen LogP contribution in [0.4, 0.5) is 5.13 Å². The number of hydrogen-bond acceptors (Lipinski definition) is 6. The zero-order chi connectivity index (χ0) is 20.5. The van der Waals surface area contributed by atoms with E-state index in [1.807, 2.05) is 0 Å². The summed E-state index contributed by atoms with van der Waals surface area (Å²) >= 11 is 7.16. The highest BCUT2D eigenvalue weighted by molar-refractivity contribution is 7.14. The van der Waals surface area contributed by atoms with E-state index in [0.29, 0.717) is 27.0 Å². The maximum Gasteiger partial charge on any atom is 0.301 e. The number of methoxy groups -OCH3 is 1. The molecule has 1 atom stereocenters. The van der Waals surface area contributed by atoms with Crippen molar-refractivity contribution in [2.45, 2.75) is 6.04 Å². The van der Waals surface area contributed by atoms with E-state index in [1.165, 1.54) is 16.2 Å². The average molecular weight is 427 g/mol. The molecule has 0 spiro atoms. The van der Waals surface area contributed by atoms with Gasteiger partial charge in [0.2, 0.25) is 0 Å². The lowest BCUT2D eigenvalue weighted by molar-refractivity contribution is -0.132. The number of halogens is 1. The van der Waals surface area contributed by atoms with Crippen molar-refractivity contribution in [1.29, 1.82) is 0 Å². The minimum absolute atomic E-state index is 0.00214. The molecule has 1 N–H and O–H groups in total. The van der Waals surface area contributed by atoms with E-state index in [0.717, 1.165) is 0 Å². The van der Waals surface area contributed by atoms with Gasteiger partial charge in [0.05, 0.1) is 18.7 Å². The highest BCUT2D eigenvalue weighted by atomic mass is 35.5. The quantitative estimate of drug-likeness (QED) is 0.379. The van der Waals surface area contributed by atoms with Crippen molar-refractivity contribution in [3.8, 4) is 5.75 Å². The number of aliphatic hydroxyl groups is 1. The third kappa shape index (κ3) is 3.39. The molecule has 8 heteroatoms. The third-order valence-electron chi connectivity index (χ3n) is 4.62.